The average molecular weight is 352 g/mol. The van der Waals surface area contributed by atoms with Crippen LogP contribution in [0.25, 0.3) is 0 Å². The minimum Gasteiger partial charge on any atom is -0.398 e. The predicted octanol–water partition coefficient (Wildman–Crippen LogP) is 2.70. The molecule has 5 nitrogen and oxygen atoms in total. The van der Waals surface area contributed by atoms with Gasteiger partial charge in [-0.05, 0) is 52.3 Å². The van der Waals surface area contributed by atoms with E-state index < -0.39 is 10.0 Å². The molecule has 0 bridgehead atoms. The van der Waals surface area contributed by atoms with Crippen molar-refractivity contribution in [2.45, 2.75) is 4.90 Å². The summed E-state index contributed by atoms with van der Waals surface area (Å²) in [6.45, 7) is 0. The first-order valence-corrected chi connectivity index (χ1v) is 7.78. The molecule has 0 atom stereocenters. The largest absolute Gasteiger partial charge is 0.398 e. The van der Waals surface area contributed by atoms with Crippen molar-refractivity contribution in [3.63, 3.8) is 0 Å². The van der Waals surface area contributed by atoms with Gasteiger partial charge in [0.1, 0.15) is 0 Å². The lowest BCUT2D eigenvalue weighted by atomic mass is 10.2. The van der Waals surface area contributed by atoms with E-state index in [0.717, 1.165) is 0 Å². The topological polar surface area (TPSA) is 96.0 Å². The molecule has 0 aromatic heterocycles. The number of nitriles is 1. The van der Waals surface area contributed by atoms with Crippen molar-refractivity contribution in [1.29, 1.82) is 5.26 Å². The van der Waals surface area contributed by atoms with Crippen LogP contribution in [0.5, 0.6) is 0 Å². The Kier molecular flexibility index (Phi) is 3.97. The molecular weight excluding hydrogens is 342 g/mol. The highest BCUT2D eigenvalue weighted by molar-refractivity contribution is 9.10. The quantitative estimate of drug-likeness (QED) is 0.830. The van der Waals surface area contributed by atoms with E-state index in [0.29, 0.717) is 21.4 Å². The zero-order valence-corrected chi connectivity index (χ0v) is 12.6. The summed E-state index contributed by atoms with van der Waals surface area (Å²) in [6, 6.07) is 12.5. The third kappa shape index (κ3) is 3.10. The first kappa shape index (κ1) is 14.4. The molecule has 2 aromatic rings. The van der Waals surface area contributed by atoms with Gasteiger partial charge in [-0.15, -0.1) is 0 Å². The minimum atomic E-state index is -3.72. The Morgan fingerprint density at radius 1 is 1.20 bits per heavy atom. The second-order valence-electron chi connectivity index (χ2n) is 3.98. The van der Waals surface area contributed by atoms with Crippen molar-refractivity contribution in [3.05, 3.63) is 52.5 Å². The van der Waals surface area contributed by atoms with E-state index in [4.69, 9.17) is 11.0 Å². The van der Waals surface area contributed by atoms with Crippen LogP contribution in [-0.2, 0) is 10.0 Å². The van der Waals surface area contributed by atoms with E-state index in [1.54, 1.807) is 18.2 Å². The smallest absolute Gasteiger partial charge is 0.261 e. The Morgan fingerprint density at radius 3 is 2.60 bits per heavy atom. The lowest BCUT2D eigenvalue weighted by molar-refractivity contribution is 0.601. The van der Waals surface area contributed by atoms with Crippen LogP contribution in [0.2, 0.25) is 0 Å². The highest BCUT2D eigenvalue weighted by Gasteiger charge is 2.15. The van der Waals surface area contributed by atoms with Gasteiger partial charge < -0.3 is 5.73 Å². The first-order valence-electron chi connectivity index (χ1n) is 5.50. The maximum Gasteiger partial charge on any atom is 0.261 e. The van der Waals surface area contributed by atoms with Gasteiger partial charge in [0, 0.05) is 10.2 Å². The number of hydrogen-bond acceptors (Lipinski definition) is 4. The van der Waals surface area contributed by atoms with Crippen molar-refractivity contribution in [1.82, 2.24) is 0 Å². The summed E-state index contributed by atoms with van der Waals surface area (Å²) in [4.78, 5) is 0.0842. The summed E-state index contributed by atoms with van der Waals surface area (Å²) in [7, 11) is -3.72. The van der Waals surface area contributed by atoms with Gasteiger partial charge in [-0.2, -0.15) is 5.26 Å². The summed E-state index contributed by atoms with van der Waals surface area (Å²) in [5.74, 6) is 0. The van der Waals surface area contributed by atoms with E-state index in [-0.39, 0.29) is 4.90 Å². The van der Waals surface area contributed by atoms with Crippen LogP contribution in [0.3, 0.4) is 0 Å². The molecule has 2 aromatic carbocycles. The predicted molar refractivity (Wildman–Crippen MR) is 80.5 cm³/mol. The Morgan fingerprint density at radius 2 is 1.95 bits per heavy atom. The van der Waals surface area contributed by atoms with Crippen LogP contribution in [-0.4, -0.2) is 8.42 Å². The molecule has 7 heteroatoms. The molecule has 20 heavy (non-hydrogen) atoms. The fourth-order valence-corrected chi connectivity index (χ4v) is 3.15. The number of nitrogens with one attached hydrogen (secondary N) is 1. The molecule has 0 aliphatic rings. The summed E-state index contributed by atoms with van der Waals surface area (Å²) in [5, 5.41) is 8.80. The molecular formula is C13H10BrN3O2S. The zero-order valence-electron chi connectivity index (χ0n) is 10.2. The van der Waals surface area contributed by atoms with Crippen molar-refractivity contribution >= 4 is 37.3 Å². The number of halogens is 1. The molecule has 2 rings (SSSR count). The fraction of sp³-hybridized carbons (Fsp3) is 0. The van der Waals surface area contributed by atoms with E-state index >= 15 is 0 Å². The Labute approximate surface area is 125 Å². The molecule has 0 heterocycles. The van der Waals surface area contributed by atoms with Gasteiger partial charge in [0.05, 0.1) is 22.2 Å². The molecule has 0 spiro atoms. The number of nitrogens with zero attached hydrogens (tertiary/aromatic N) is 1. The number of nitrogens with two attached hydrogens (primary N) is 1. The highest BCUT2D eigenvalue weighted by atomic mass is 79.9. The van der Waals surface area contributed by atoms with Crippen LogP contribution in [0, 0.1) is 11.3 Å². The maximum atomic E-state index is 12.2. The number of benzene rings is 2. The lowest BCUT2D eigenvalue weighted by Gasteiger charge is -2.09. The van der Waals surface area contributed by atoms with Gasteiger partial charge in [-0.3, -0.25) is 4.72 Å². The third-order valence-corrected chi connectivity index (χ3v) is 4.59. The molecule has 0 saturated heterocycles. The Bertz CT molecular complexity index is 798. The Balaban J connectivity index is 2.35. The second kappa shape index (κ2) is 5.53. The molecule has 0 unspecified atom stereocenters. The summed E-state index contributed by atoms with van der Waals surface area (Å²) in [6.07, 6.45) is 0. The average Bonchev–Trinajstić information content (AvgIpc) is 2.41. The fourth-order valence-electron chi connectivity index (χ4n) is 1.54. The van der Waals surface area contributed by atoms with Crippen molar-refractivity contribution in [3.8, 4) is 6.07 Å². The highest BCUT2D eigenvalue weighted by Crippen LogP contribution is 2.24. The van der Waals surface area contributed by atoms with Crippen LogP contribution >= 0.6 is 15.9 Å². The van der Waals surface area contributed by atoms with Crippen molar-refractivity contribution in [2.24, 2.45) is 0 Å². The normalized spacial score (nSPS) is 10.8. The van der Waals surface area contributed by atoms with Gasteiger partial charge in [0.15, 0.2) is 0 Å². The van der Waals surface area contributed by atoms with Gasteiger partial charge in [-0.25, -0.2) is 8.42 Å². The Hall–Kier alpha value is -2.04. The number of anilines is 2. The van der Waals surface area contributed by atoms with Crippen LogP contribution in [0.15, 0.2) is 51.8 Å². The minimum absolute atomic E-state index is 0.0842. The summed E-state index contributed by atoms with van der Waals surface area (Å²) in [5.41, 5.74) is 6.79. The molecule has 102 valence electrons. The first-order chi connectivity index (χ1) is 9.42. The van der Waals surface area contributed by atoms with Gasteiger partial charge >= 0.3 is 0 Å². The van der Waals surface area contributed by atoms with Gasteiger partial charge in [-0.1, -0.05) is 6.07 Å². The summed E-state index contributed by atoms with van der Waals surface area (Å²) >= 11 is 3.19. The molecule has 0 aliphatic carbocycles. The van der Waals surface area contributed by atoms with E-state index in [1.165, 1.54) is 24.3 Å². The van der Waals surface area contributed by atoms with E-state index in [1.807, 2.05) is 6.07 Å². The monoisotopic (exact) mass is 351 g/mol. The number of hydrogen-bond donors (Lipinski definition) is 2. The summed E-state index contributed by atoms with van der Waals surface area (Å²) < 4.78 is 27.3. The van der Waals surface area contributed by atoms with Crippen LogP contribution in [0.1, 0.15) is 5.56 Å². The number of sulfonamides is 1. The van der Waals surface area contributed by atoms with E-state index in [9.17, 15) is 8.42 Å². The van der Waals surface area contributed by atoms with Crippen molar-refractivity contribution in [2.75, 3.05) is 10.5 Å². The molecule has 0 radical (unpaired) electrons. The standard InChI is InChI=1S/C13H10BrN3O2S/c14-12-7-11(4-5-13(12)16)20(18,19)17-10-3-1-2-9(6-10)8-15/h1-7,17H,16H2. The SMILES string of the molecule is N#Cc1cccc(NS(=O)(=O)c2ccc(N)c(Br)c2)c1. The molecule has 0 fully saturated rings. The van der Waals surface area contributed by atoms with Crippen molar-refractivity contribution < 1.29 is 8.42 Å². The van der Waals surface area contributed by atoms with Crippen LogP contribution < -0.4 is 10.5 Å². The molecule has 0 amide bonds. The van der Waals surface area contributed by atoms with Gasteiger partial charge in [0.25, 0.3) is 10.0 Å². The second-order valence-corrected chi connectivity index (χ2v) is 6.52. The van der Waals surface area contributed by atoms with Crippen LogP contribution in [0.4, 0.5) is 11.4 Å². The number of nitrogen functional groups attached to an aromatic ring is 1. The molecule has 3 N–H and O–H groups in total. The van der Waals surface area contributed by atoms with Gasteiger partial charge in [0.2, 0.25) is 0 Å². The molecule has 0 saturated carbocycles. The lowest BCUT2D eigenvalue weighted by Crippen LogP contribution is -2.13. The zero-order chi connectivity index (χ0) is 14.8. The number of rotatable bonds is 3. The van der Waals surface area contributed by atoms with E-state index in [2.05, 4.69) is 20.7 Å². The third-order valence-electron chi connectivity index (χ3n) is 2.53. The maximum absolute atomic E-state index is 12.2. The molecule has 0 aliphatic heterocycles.